The fraction of sp³-hybridized carbons (Fsp3) is 0.154. The van der Waals surface area contributed by atoms with Gasteiger partial charge in [0.05, 0.1) is 6.20 Å². The molecule has 0 aliphatic carbocycles. The number of hydrogen-bond acceptors (Lipinski definition) is 2. The minimum Gasteiger partial charge on any atom is -0.290 e. The summed E-state index contributed by atoms with van der Waals surface area (Å²) in [4.78, 5) is 16.1. The lowest BCUT2D eigenvalue weighted by molar-refractivity contribution is -0.686. The van der Waals surface area contributed by atoms with Crippen molar-refractivity contribution in [3.8, 4) is 0 Å². The number of ketones is 1. The van der Waals surface area contributed by atoms with Gasteiger partial charge in [0.25, 0.3) is 6.33 Å². The Labute approximate surface area is 108 Å². The van der Waals surface area contributed by atoms with Gasteiger partial charge in [-0.05, 0) is 12.1 Å². The Bertz CT molecular complexity index is 520. The molecule has 0 saturated carbocycles. The van der Waals surface area contributed by atoms with Crippen LogP contribution in [0, 0.1) is 6.92 Å². The highest BCUT2D eigenvalue weighted by Gasteiger charge is 2.09. The molecule has 0 radical (unpaired) electrons. The van der Waals surface area contributed by atoms with Gasteiger partial charge in [0.2, 0.25) is 5.78 Å². The van der Waals surface area contributed by atoms with E-state index in [1.807, 2.05) is 43.5 Å². The molecule has 0 unspecified atom stereocenters. The number of nitrogens with zero attached hydrogens (tertiary/aromatic N) is 2. The number of carbonyl (C=O) groups excluding carboxylic acids is 1. The van der Waals surface area contributed by atoms with E-state index in [4.69, 9.17) is 0 Å². The first-order chi connectivity index (χ1) is 8.15. The second-order valence-electron chi connectivity index (χ2n) is 3.80. The van der Waals surface area contributed by atoms with Crippen molar-refractivity contribution in [1.29, 1.82) is 0 Å². The molecule has 3 nitrogen and oxygen atoms in total. The standard InChI is InChI=1S/C13H12BrN2O/c1-10-6-7-16(9-15-10)8-13(17)11-2-4-12(14)5-3-11/h2-7,9H,8H2,1H3/q+1. The van der Waals surface area contributed by atoms with Gasteiger partial charge >= 0.3 is 0 Å². The van der Waals surface area contributed by atoms with Crippen molar-refractivity contribution in [2.75, 3.05) is 0 Å². The zero-order valence-corrected chi connectivity index (χ0v) is 11.0. The molecule has 17 heavy (non-hydrogen) atoms. The van der Waals surface area contributed by atoms with Crippen LogP contribution in [0.2, 0.25) is 0 Å². The smallest absolute Gasteiger partial charge is 0.286 e. The number of aromatic nitrogens is 2. The average molecular weight is 292 g/mol. The van der Waals surface area contributed by atoms with E-state index in [-0.39, 0.29) is 5.78 Å². The molecular formula is C13H12BrN2O+. The minimum atomic E-state index is 0.0770. The molecule has 0 fully saturated rings. The van der Waals surface area contributed by atoms with Crippen LogP contribution in [0.4, 0.5) is 0 Å². The van der Waals surface area contributed by atoms with Gasteiger partial charge in [-0.25, -0.2) is 4.57 Å². The first-order valence-corrected chi connectivity index (χ1v) is 6.05. The van der Waals surface area contributed by atoms with E-state index in [1.165, 1.54) is 0 Å². The molecule has 0 amide bonds. The number of halogens is 1. The Hall–Kier alpha value is -1.55. The maximum Gasteiger partial charge on any atom is 0.286 e. The van der Waals surface area contributed by atoms with Crippen LogP contribution in [-0.4, -0.2) is 10.8 Å². The predicted octanol–water partition coefficient (Wildman–Crippen LogP) is 2.32. The summed E-state index contributed by atoms with van der Waals surface area (Å²) < 4.78 is 2.75. The maximum atomic E-state index is 11.9. The van der Waals surface area contributed by atoms with Crippen molar-refractivity contribution < 1.29 is 9.36 Å². The third-order valence-corrected chi connectivity index (χ3v) is 2.94. The Kier molecular flexibility index (Phi) is 3.64. The fourth-order valence-electron chi connectivity index (χ4n) is 1.44. The van der Waals surface area contributed by atoms with Gasteiger partial charge < -0.3 is 0 Å². The molecule has 0 aliphatic rings. The molecule has 4 heteroatoms. The number of aryl methyl sites for hydroxylation is 1. The van der Waals surface area contributed by atoms with Gasteiger partial charge in [0.1, 0.15) is 0 Å². The van der Waals surface area contributed by atoms with Crippen molar-refractivity contribution in [3.63, 3.8) is 0 Å². The summed E-state index contributed by atoms with van der Waals surface area (Å²) in [5, 5.41) is 0. The minimum absolute atomic E-state index is 0.0770. The Morgan fingerprint density at radius 2 is 2.00 bits per heavy atom. The molecular weight excluding hydrogens is 280 g/mol. The van der Waals surface area contributed by atoms with E-state index in [0.717, 1.165) is 10.2 Å². The summed E-state index contributed by atoms with van der Waals surface area (Å²) in [5.41, 5.74) is 1.65. The maximum absolute atomic E-state index is 11.9. The SMILES string of the molecule is Cc1cc[n+](CC(=O)c2ccc(Br)cc2)cn1. The van der Waals surface area contributed by atoms with E-state index in [1.54, 1.807) is 10.9 Å². The van der Waals surface area contributed by atoms with E-state index in [9.17, 15) is 4.79 Å². The van der Waals surface area contributed by atoms with Gasteiger partial charge in [-0.1, -0.05) is 33.0 Å². The van der Waals surface area contributed by atoms with E-state index < -0.39 is 0 Å². The van der Waals surface area contributed by atoms with Crippen molar-refractivity contribution >= 4 is 21.7 Å². The van der Waals surface area contributed by atoms with Crippen molar-refractivity contribution in [2.45, 2.75) is 13.5 Å². The molecule has 0 bridgehead atoms. The molecule has 0 saturated heterocycles. The lowest BCUT2D eigenvalue weighted by atomic mass is 10.1. The van der Waals surface area contributed by atoms with E-state index in [2.05, 4.69) is 20.9 Å². The van der Waals surface area contributed by atoms with Crippen LogP contribution in [0.3, 0.4) is 0 Å². The van der Waals surface area contributed by atoms with Crippen LogP contribution in [-0.2, 0) is 6.54 Å². The highest BCUT2D eigenvalue weighted by atomic mass is 79.9. The third kappa shape index (κ3) is 3.20. The third-order valence-electron chi connectivity index (χ3n) is 2.41. The average Bonchev–Trinajstić information content (AvgIpc) is 2.33. The monoisotopic (exact) mass is 291 g/mol. The summed E-state index contributed by atoms with van der Waals surface area (Å²) in [6, 6.07) is 9.24. The quantitative estimate of drug-likeness (QED) is 0.642. The molecule has 1 aromatic heterocycles. The number of rotatable bonds is 3. The normalized spacial score (nSPS) is 10.2. The molecule has 0 aliphatic heterocycles. The van der Waals surface area contributed by atoms with Gasteiger partial charge in [-0.3, -0.25) is 4.79 Å². The van der Waals surface area contributed by atoms with E-state index >= 15 is 0 Å². The summed E-state index contributed by atoms with van der Waals surface area (Å²) in [7, 11) is 0. The van der Waals surface area contributed by atoms with Gasteiger partial charge in [0.15, 0.2) is 12.2 Å². The van der Waals surface area contributed by atoms with Crippen LogP contribution >= 0.6 is 15.9 Å². The lowest BCUT2D eigenvalue weighted by Crippen LogP contribution is -2.37. The van der Waals surface area contributed by atoms with Crippen LogP contribution < -0.4 is 4.57 Å². The van der Waals surface area contributed by atoms with Gasteiger partial charge in [-0.15, -0.1) is 0 Å². The first kappa shape index (κ1) is 11.9. The topological polar surface area (TPSA) is 33.8 Å². The lowest BCUT2D eigenvalue weighted by Gasteiger charge is -2.00. The zero-order chi connectivity index (χ0) is 12.3. The summed E-state index contributed by atoms with van der Waals surface area (Å²) in [6.45, 7) is 2.23. The Balaban J connectivity index is 2.11. The van der Waals surface area contributed by atoms with Crippen LogP contribution in [0.1, 0.15) is 16.1 Å². The van der Waals surface area contributed by atoms with Gasteiger partial charge in [-0.2, -0.15) is 0 Å². The van der Waals surface area contributed by atoms with Crippen LogP contribution in [0.25, 0.3) is 0 Å². The van der Waals surface area contributed by atoms with Crippen molar-refractivity contribution in [3.05, 3.63) is 58.6 Å². The number of benzene rings is 1. The van der Waals surface area contributed by atoms with E-state index in [0.29, 0.717) is 12.1 Å². The second-order valence-corrected chi connectivity index (χ2v) is 4.72. The highest BCUT2D eigenvalue weighted by molar-refractivity contribution is 9.10. The second kappa shape index (κ2) is 5.19. The molecule has 2 rings (SSSR count). The molecule has 86 valence electrons. The molecule has 1 heterocycles. The van der Waals surface area contributed by atoms with Crippen LogP contribution in [0.15, 0.2) is 47.3 Å². The summed E-state index contributed by atoms with van der Waals surface area (Å²) in [5.74, 6) is 0.0770. The number of carbonyl (C=O) groups is 1. The fourth-order valence-corrected chi connectivity index (χ4v) is 1.70. The van der Waals surface area contributed by atoms with Crippen molar-refractivity contribution in [2.24, 2.45) is 0 Å². The molecule has 0 spiro atoms. The summed E-state index contributed by atoms with van der Waals surface area (Å²) >= 11 is 3.34. The largest absolute Gasteiger partial charge is 0.290 e. The van der Waals surface area contributed by atoms with Crippen molar-refractivity contribution in [1.82, 2.24) is 4.98 Å². The zero-order valence-electron chi connectivity index (χ0n) is 9.43. The number of Topliss-reactive ketones (excluding diaryl/α,β-unsaturated/α-hetero) is 1. The Morgan fingerprint density at radius 1 is 1.29 bits per heavy atom. The van der Waals surface area contributed by atoms with Gasteiger partial charge in [0, 0.05) is 23.0 Å². The van der Waals surface area contributed by atoms with Crippen LogP contribution in [0.5, 0.6) is 0 Å². The Morgan fingerprint density at radius 3 is 2.59 bits per heavy atom. The highest BCUT2D eigenvalue weighted by Crippen LogP contribution is 2.10. The number of hydrogen-bond donors (Lipinski definition) is 0. The first-order valence-electron chi connectivity index (χ1n) is 5.25. The molecule has 0 atom stereocenters. The molecule has 2 aromatic rings. The predicted molar refractivity (Wildman–Crippen MR) is 67.6 cm³/mol. The summed E-state index contributed by atoms with van der Waals surface area (Å²) in [6.07, 6.45) is 3.53. The molecule has 1 aromatic carbocycles. The molecule has 0 N–H and O–H groups in total.